The number of aromatic nitrogens is 3. The van der Waals surface area contributed by atoms with E-state index in [2.05, 4.69) is 21.8 Å². The number of aliphatic hydroxyl groups excluding tert-OH is 1. The van der Waals surface area contributed by atoms with Crippen molar-refractivity contribution in [3.05, 3.63) is 18.6 Å². The number of aryl methyl sites for hydroxylation is 1. The lowest BCUT2D eigenvalue weighted by molar-refractivity contribution is 0.301. The summed E-state index contributed by atoms with van der Waals surface area (Å²) in [5, 5.41) is 9.18. The van der Waals surface area contributed by atoms with E-state index in [1.807, 2.05) is 17.7 Å². The minimum Gasteiger partial charge on any atom is -0.395 e. The molecule has 0 fully saturated rings. The van der Waals surface area contributed by atoms with Crippen molar-refractivity contribution in [3.63, 3.8) is 0 Å². The molecule has 0 bridgehead atoms. The van der Waals surface area contributed by atoms with Gasteiger partial charge in [-0.05, 0) is 12.5 Å². The van der Waals surface area contributed by atoms with Crippen LogP contribution in [-0.4, -0.2) is 39.3 Å². The monoisotopic (exact) mass is 248 g/mol. The summed E-state index contributed by atoms with van der Waals surface area (Å²) in [5.41, 5.74) is 1.98. The lowest BCUT2D eigenvalue weighted by Gasteiger charge is -2.22. The average molecular weight is 248 g/mol. The quantitative estimate of drug-likeness (QED) is 0.843. The third-order valence-corrected chi connectivity index (χ3v) is 3.07. The minimum atomic E-state index is 0.134. The first-order valence-electron chi connectivity index (χ1n) is 6.39. The van der Waals surface area contributed by atoms with Crippen LogP contribution in [-0.2, 0) is 7.05 Å². The SMILES string of the molecule is CCCCN(CCO)c1nccc2c1ncn2C. The molecule has 0 amide bonds. The highest BCUT2D eigenvalue weighted by molar-refractivity contribution is 5.86. The van der Waals surface area contributed by atoms with Gasteiger partial charge in [0.05, 0.1) is 18.5 Å². The standard InChI is InChI=1S/C13H20N4O/c1-3-4-7-17(8-9-18)13-12-11(5-6-14-13)16(2)10-15-12/h5-6,10,18H,3-4,7-9H2,1-2H3. The van der Waals surface area contributed by atoms with E-state index in [0.29, 0.717) is 6.54 Å². The second-order valence-corrected chi connectivity index (χ2v) is 4.42. The molecule has 0 aliphatic carbocycles. The van der Waals surface area contributed by atoms with Gasteiger partial charge in [0.2, 0.25) is 0 Å². The van der Waals surface area contributed by atoms with Gasteiger partial charge in [0, 0.05) is 26.3 Å². The van der Waals surface area contributed by atoms with Gasteiger partial charge in [0.25, 0.3) is 0 Å². The number of imidazole rings is 1. The lowest BCUT2D eigenvalue weighted by Crippen LogP contribution is -2.28. The normalized spacial score (nSPS) is 11.1. The van der Waals surface area contributed by atoms with Crippen molar-refractivity contribution in [2.24, 2.45) is 7.05 Å². The molecule has 5 nitrogen and oxygen atoms in total. The van der Waals surface area contributed by atoms with Crippen LogP contribution < -0.4 is 4.90 Å². The second-order valence-electron chi connectivity index (χ2n) is 4.42. The van der Waals surface area contributed by atoms with Crippen LogP contribution in [0.15, 0.2) is 18.6 Å². The van der Waals surface area contributed by atoms with Gasteiger partial charge in [-0.25, -0.2) is 9.97 Å². The van der Waals surface area contributed by atoms with Crippen LogP contribution in [0.1, 0.15) is 19.8 Å². The maximum atomic E-state index is 9.18. The van der Waals surface area contributed by atoms with Crippen LogP contribution in [0.3, 0.4) is 0 Å². The van der Waals surface area contributed by atoms with Crippen LogP contribution in [0.2, 0.25) is 0 Å². The summed E-state index contributed by atoms with van der Waals surface area (Å²) in [4.78, 5) is 10.9. The second kappa shape index (κ2) is 5.82. The molecule has 0 spiro atoms. The number of unbranched alkanes of at least 4 members (excludes halogenated alkanes) is 1. The Morgan fingerprint density at radius 2 is 2.17 bits per heavy atom. The first-order valence-corrected chi connectivity index (χ1v) is 6.39. The fourth-order valence-electron chi connectivity index (χ4n) is 2.07. The molecular weight excluding hydrogens is 228 g/mol. The van der Waals surface area contributed by atoms with Crippen molar-refractivity contribution < 1.29 is 5.11 Å². The Morgan fingerprint density at radius 1 is 1.33 bits per heavy atom. The van der Waals surface area contributed by atoms with Crippen molar-refractivity contribution >= 4 is 16.9 Å². The Kier molecular flexibility index (Phi) is 4.15. The van der Waals surface area contributed by atoms with E-state index in [1.54, 1.807) is 12.5 Å². The van der Waals surface area contributed by atoms with E-state index in [1.165, 1.54) is 0 Å². The first kappa shape index (κ1) is 12.8. The van der Waals surface area contributed by atoms with Crippen LogP contribution in [0, 0.1) is 0 Å². The van der Waals surface area contributed by atoms with Crippen molar-refractivity contribution in [2.75, 3.05) is 24.6 Å². The first-order chi connectivity index (χ1) is 8.77. The van der Waals surface area contributed by atoms with Gasteiger partial charge in [-0.3, -0.25) is 0 Å². The summed E-state index contributed by atoms with van der Waals surface area (Å²) in [7, 11) is 1.97. The summed E-state index contributed by atoms with van der Waals surface area (Å²) in [6.45, 7) is 3.79. The summed E-state index contributed by atoms with van der Waals surface area (Å²) >= 11 is 0. The molecular formula is C13H20N4O. The molecule has 1 N–H and O–H groups in total. The number of hydrogen-bond acceptors (Lipinski definition) is 4. The molecule has 2 heterocycles. The molecule has 0 radical (unpaired) electrons. The molecule has 2 aromatic rings. The predicted octanol–water partition coefficient (Wildman–Crippen LogP) is 1.57. The maximum Gasteiger partial charge on any atom is 0.156 e. The van der Waals surface area contributed by atoms with Crippen molar-refractivity contribution in [1.29, 1.82) is 0 Å². The van der Waals surface area contributed by atoms with E-state index in [9.17, 15) is 5.11 Å². The molecule has 0 saturated heterocycles. The number of hydrogen-bond donors (Lipinski definition) is 1. The van der Waals surface area contributed by atoms with Crippen LogP contribution in [0.4, 0.5) is 5.82 Å². The van der Waals surface area contributed by atoms with E-state index >= 15 is 0 Å². The number of nitrogens with zero attached hydrogens (tertiary/aromatic N) is 4. The number of anilines is 1. The maximum absolute atomic E-state index is 9.18. The van der Waals surface area contributed by atoms with Crippen molar-refractivity contribution in [1.82, 2.24) is 14.5 Å². The minimum absolute atomic E-state index is 0.134. The largest absolute Gasteiger partial charge is 0.395 e. The lowest BCUT2D eigenvalue weighted by atomic mass is 10.3. The third kappa shape index (κ3) is 2.46. The fourth-order valence-corrected chi connectivity index (χ4v) is 2.07. The van der Waals surface area contributed by atoms with E-state index in [4.69, 9.17) is 0 Å². The smallest absolute Gasteiger partial charge is 0.156 e. The van der Waals surface area contributed by atoms with E-state index < -0.39 is 0 Å². The molecule has 5 heteroatoms. The van der Waals surface area contributed by atoms with E-state index in [0.717, 1.165) is 36.2 Å². The van der Waals surface area contributed by atoms with Gasteiger partial charge in [-0.1, -0.05) is 13.3 Å². The molecule has 2 rings (SSSR count). The van der Waals surface area contributed by atoms with Crippen molar-refractivity contribution in [3.8, 4) is 0 Å². The number of pyridine rings is 1. The molecule has 18 heavy (non-hydrogen) atoms. The Balaban J connectivity index is 2.36. The van der Waals surface area contributed by atoms with Crippen molar-refractivity contribution in [2.45, 2.75) is 19.8 Å². The molecule has 0 aliphatic heterocycles. The zero-order chi connectivity index (χ0) is 13.0. The number of rotatable bonds is 6. The number of fused-ring (bicyclic) bond motifs is 1. The molecule has 0 saturated carbocycles. The highest BCUT2D eigenvalue weighted by atomic mass is 16.3. The Hall–Kier alpha value is -1.62. The van der Waals surface area contributed by atoms with Gasteiger partial charge in [0.1, 0.15) is 5.52 Å². The molecule has 98 valence electrons. The molecule has 0 aliphatic rings. The van der Waals surface area contributed by atoms with E-state index in [-0.39, 0.29) is 6.61 Å². The zero-order valence-electron chi connectivity index (χ0n) is 11.0. The fraction of sp³-hybridized carbons (Fsp3) is 0.538. The third-order valence-electron chi connectivity index (χ3n) is 3.07. The predicted molar refractivity (Wildman–Crippen MR) is 72.7 cm³/mol. The van der Waals surface area contributed by atoms with Gasteiger partial charge in [-0.15, -0.1) is 0 Å². The Bertz CT molecular complexity index is 509. The summed E-state index contributed by atoms with van der Waals surface area (Å²) in [6.07, 6.45) is 5.81. The average Bonchev–Trinajstić information content (AvgIpc) is 2.77. The number of aliphatic hydroxyl groups is 1. The topological polar surface area (TPSA) is 54.2 Å². The van der Waals surface area contributed by atoms with Crippen LogP contribution in [0.25, 0.3) is 11.0 Å². The summed E-state index contributed by atoms with van der Waals surface area (Å²) < 4.78 is 1.98. The highest BCUT2D eigenvalue weighted by Crippen LogP contribution is 2.22. The zero-order valence-corrected chi connectivity index (χ0v) is 11.0. The van der Waals surface area contributed by atoms with Gasteiger partial charge < -0.3 is 14.6 Å². The van der Waals surface area contributed by atoms with Crippen LogP contribution >= 0.6 is 0 Å². The highest BCUT2D eigenvalue weighted by Gasteiger charge is 2.13. The molecule has 2 aromatic heterocycles. The summed E-state index contributed by atoms with van der Waals surface area (Å²) in [6, 6.07) is 1.96. The Morgan fingerprint density at radius 3 is 2.89 bits per heavy atom. The van der Waals surface area contributed by atoms with Gasteiger partial charge in [0.15, 0.2) is 5.82 Å². The molecule has 0 unspecified atom stereocenters. The van der Waals surface area contributed by atoms with Crippen LogP contribution in [0.5, 0.6) is 0 Å². The van der Waals surface area contributed by atoms with Gasteiger partial charge >= 0.3 is 0 Å². The summed E-state index contributed by atoms with van der Waals surface area (Å²) in [5.74, 6) is 0.871. The molecule has 0 aromatic carbocycles. The van der Waals surface area contributed by atoms with Gasteiger partial charge in [-0.2, -0.15) is 0 Å². The Labute approximate surface area is 107 Å². The molecule has 0 atom stereocenters.